The number of hydrogen-bond acceptors (Lipinski definition) is 4. The van der Waals surface area contributed by atoms with E-state index in [1.807, 2.05) is 30.6 Å². The van der Waals surface area contributed by atoms with Crippen LogP contribution in [0.25, 0.3) is 0 Å². The Balaban J connectivity index is 2.04. The number of ether oxygens (including phenoxy) is 2. The van der Waals surface area contributed by atoms with Crippen LogP contribution in [-0.4, -0.2) is 19.2 Å². The standard InChI is InChI=1S/C17H22N2O2/c1-13(19-11-14-6-8-18-9-7-14)15-4-5-17(21-3)16(10-15)12-20-2/h4-10,13,19H,11-12H2,1-3H3. The molecule has 0 radical (unpaired) electrons. The molecule has 0 aliphatic rings. The Hall–Kier alpha value is -1.91. The molecule has 1 unspecified atom stereocenters. The molecule has 0 fully saturated rings. The summed E-state index contributed by atoms with van der Waals surface area (Å²) in [5.74, 6) is 0.863. The predicted molar refractivity (Wildman–Crippen MR) is 83.2 cm³/mol. The van der Waals surface area contributed by atoms with Gasteiger partial charge in [-0.25, -0.2) is 0 Å². The smallest absolute Gasteiger partial charge is 0.124 e. The van der Waals surface area contributed by atoms with Gasteiger partial charge in [0, 0.05) is 37.7 Å². The molecule has 4 heteroatoms. The molecule has 21 heavy (non-hydrogen) atoms. The number of nitrogens with one attached hydrogen (secondary N) is 1. The van der Waals surface area contributed by atoms with E-state index < -0.39 is 0 Å². The molecule has 1 N–H and O–H groups in total. The van der Waals surface area contributed by atoms with Gasteiger partial charge in [0.15, 0.2) is 0 Å². The third-order valence-corrected chi connectivity index (χ3v) is 3.47. The van der Waals surface area contributed by atoms with Crippen LogP contribution in [0.5, 0.6) is 5.75 Å². The SMILES string of the molecule is COCc1cc(C(C)NCc2ccncc2)ccc1OC. The Bertz CT molecular complexity index is 558. The second kappa shape index (κ2) is 7.76. The first-order valence-corrected chi connectivity index (χ1v) is 7.02. The summed E-state index contributed by atoms with van der Waals surface area (Å²) in [6.45, 7) is 3.52. The first-order valence-electron chi connectivity index (χ1n) is 7.02. The van der Waals surface area contributed by atoms with Crippen molar-refractivity contribution in [2.24, 2.45) is 0 Å². The van der Waals surface area contributed by atoms with Gasteiger partial charge in [-0.3, -0.25) is 4.98 Å². The molecule has 4 nitrogen and oxygen atoms in total. The average Bonchev–Trinajstić information content (AvgIpc) is 2.54. The summed E-state index contributed by atoms with van der Waals surface area (Å²) in [6.07, 6.45) is 3.62. The van der Waals surface area contributed by atoms with Gasteiger partial charge >= 0.3 is 0 Å². The number of rotatable bonds is 7. The van der Waals surface area contributed by atoms with Crippen LogP contribution in [-0.2, 0) is 17.9 Å². The van der Waals surface area contributed by atoms with Gasteiger partial charge in [-0.15, -0.1) is 0 Å². The fraction of sp³-hybridized carbons (Fsp3) is 0.353. The first-order chi connectivity index (χ1) is 10.2. The van der Waals surface area contributed by atoms with E-state index in [4.69, 9.17) is 9.47 Å². The summed E-state index contributed by atoms with van der Waals surface area (Å²) >= 11 is 0. The third-order valence-electron chi connectivity index (χ3n) is 3.47. The predicted octanol–water partition coefficient (Wildman–Crippen LogP) is 3.09. The minimum atomic E-state index is 0.250. The Morgan fingerprint density at radius 1 is 1.14 bits per heavy atom. The van der Waals surface area contributed by atoms with E-state index in [1.165, 1.54) is 11.1 Å². The van der Waals surface area contributed by atoms with Crippen molar-refractivity contribution in [1.82, 2.24) is 10.3 Å². The molecule has 0 saturated carbocycles. The van der Waals surface area contributed by atoms with E-state index in [-0.39, 0.29) is 6.04 Å². The third kappa shape index (κ3) is 4.28. The minimum absolute atomic E-state index is 0.250. The fourth-order valence-electron chi connectivity index (χ4n) is 2.23. The van der Waals surface area contributed by atoms with Gasteiger partial charge in [-0.1, -0.05) is 6.07 Å². The van der Waals surface area contributed by atoms with Crippen LogP contribution in [0.2, 0.25) is 0 Å². The largest absolute Gasteiger partial charge is 0.496 e. The van der Waals surface area contributed by atoms with Crippen LogP contribution >= 0.6 is 0 Å². The Morgan fingerprint density at radius 2 is 1.90 bits per heavy atom. The molecular weight excluding hydrogens is 264 g/mol. The number of methoxy groups -OCH3 is 2. The molecule has 1 aromatic heterocycles. The number of benzene rings is 1. The van der Waals surface area contributed by atoms with Crippen LogP contribution < -0.4 is 10.1 Å². The van der Waals surface area contributed by atoms with Gasteiger partial charge in [-0.05, 0) is 42.3 Å². The van der Waals surface area contributed by atoms with Crippen LogP contribution in [0.3, 0.4) is 0 Å². The van der Waals surface area contributed by atoms with Crippen LogP contribution in [0.15, 0.2) is 42.7 Å². The molecule has 0 aliphatic heterocycles. The van der Waals surface area contributed by atoms with Crippen LogP contribution in [0.4, 0.5) is 0 Å². The second-order valence-corrected chi connectivity index (χ2v) is 4.96. The maximum atomic E-state index is 5.35. The maximum Gasteiger partial charge on any atom is 0.124 e. The summed E-state index contributed by atoms with van der Waals surface area (Å²) in [7, 11) is 3.37. The normalized spacial score (nSPS) is 12.1. The zero-order valence-electron chi connectivity index (χ0n) is 12.8. The highest BCUT2D eigenvalue weighted by Gasteiger charge is 2.09. The van der Waals surface area contributed by atoms with Gasteiger partial charge in [-0.2, -0.15) is 0 Å². The van der Waals surface area contributed by atoms with Gasteiger partial charge in [0.05, 0.1) is 13.7 Å². The van der Waals surface area contributed by atoms with Crippen molar-refractivity contribution in [1.29, 1.82) is 0 Å². The van der Waals surface area contributed by atoms with E-state index >= 15 is 0 Å². The Morgan fingerprint density at radius 3 is 2.57 bits per heavy atom. The van der Waals surface area contributed by atoms with Crippen molar-refractivity contribution in [3.05, 3.63) is 59.4 Å². The van der Waals surface area contributed by atoms with Gasteiger partial charge in [0.2, 0.25) is 0 Å². The van der Waals surface area contributed by atoms with E-state index in [0.717, 1.165) is 17.9 Å². The lowest BCUT2D eigenvalue weighted by Gasteiger charge is -2.17. The maximum absolute atomic E-state index is 5.35. The van der Waals surface area contributed by atoms with Crippen molar-refractivity contribution in [2.45, 2.75) is 26.1 Å². The first kappa shape index (κ1) is 15.5. The Labute approximate surface area is 126 Å². The summed E-state index contributed by atoms with van der Waals surface area (Å²) < 4.78 is 10.6. The van der Waals surface area contributed by atoms with Crippen molar-refractivity contribution >= 4 is 0 Å². The number of aromatic nitrogens is 1. The number of pyridine rings is 1. The quantitative estimate of drug-likeness (QED) is 0.849. The topological polar surface area (TPSA) is 43.4 Å². The lowest BCUT2D eigenvalue weighted by atomic mass is 10.0. The summed E-state index contributed by atoms with van der Waals surface area (Å²) in [5.41, 5.74) is 3.51. The summed E-state index contributed by atoms with van der Waals surface area (Å²) in [5, 5.41) is 3.51. The van der Waals surface area contributed by atoms with Crippen molar-refractivity contribution in [2.75, 3.05) is 14.2 Å². The molecule has 0 saturated heterocycles. The van der Waals surface area contributed by atoms with E-state index in [9.17, 15) is 0 Å². The van der Waals surface area contributed by atoms with E-state index in [2.05, 4.69) is 29.4 Å². The van der Waals surface area contributed by atoms with E-state index in [0.29, 0.717) is 6.61 Å². The monoisotopic (exact) mass is 286 g/mol. The highest BCUT2D eigenvalue weighted by atomic mass is 16.5. The van der Waals surface area contributed by atoms with Crippen LogP contribution in [0, 0.1) is 0 Å². The van der Waals surface area contributed by atoms with Gasteiger partial charge < -0.3 is 14.8 Å². The number of hydrogen-bond donors (Lipinski definition) is 1. The van der Waals surface area contributed by atoms with Gasteiger partial charge in [0.1, 0.15) is 5.75 Å². The molecule has 1 aromatic carbocycles. The average molecular weight is 286 g/mol. The molecule has 0 aliphatic carbocycles. The Kier molecular flexibility index (Phi) is 5.72. The molecule has 2 rings (SSSR count). The van der Waals surface area contributed by atoms with Crippen molar-refractivity contribution in [3.63, 3.8) is 0 Å². The van der Waals surface area contributed by atoms with Crippen LogP contribution in [0.1, 0.15) is 29.7 Å². The fourth-order valence-corrected chi connectivity index (χ4v) is 2.23. The lowest BCUT2D eigenvalue weighted by molar-refractivity contribution is 0.181. The summed E-state index contributed by atoms with van der Waals surface area (Å²) in [4.78, 5) is 4.03. The highest BCUT2D eigenvalue weighted by Crippen LogP contribution is 2.24. The molecule has 112 valence electrons. The highest BCUT2D eigenvalue weighted by molar-refractivity contribution is 5.38. The minimum Gasteiger partial charge on any atom is -0.496 e. The summed E-state index contributed by atoms with van der Waals surface area (Å²) in [6, 6.07) is 10.5. The molecule has 1 atom stereocenters. The molecule has 1 heterocycles. The zero-order valence-corrected chi connectivity index (χ0v) is 12.8. The molecule has 0 bridgehead atoms. The zero-order chi connectivity index (χ0) is 15.1. The molecule has 0 spiro atoms. The van der Waals surface area contributed by atoms with Crippen molar-refractivity contribution < 1.29 is 9.47 Å². The second-order valence-electron chi connectivity index (χ2n) is 4.96. The number of nitrogens with zero attached hydrogens (tertiary/aromatic N) is 1. The van der Waals surface area contributed by atoms with Gasteiger partial charge in [0.25, 0.3) is 0 Å². The molecule has 0 amide bonds. The lowest BCUT2D eigenvalue weighted by Crippen LogP contribution is -2.18. The van der Waals surface area contributed by atoms with E-state index in [1.54, 1.807) is 14.2 Å². The van der Waals surface area contributed by atoms with Crippen molar-refractivity contribution in [3.8, 4) is 5.75 Å². The molecular formula is C17H22N2O2. The molecule has 2 aromatic rings.